The predicted molar refractivity (Wildman–Crippen MR) is 133 cm³/mol. The normalized spacial score (nSPS) is 13.4. The average Bonchev–Trinajstić information content (AvgIpc) is 3.08. The summed E-state index contributed by atoms with van der Waals surface area (Å²) in [5.41, 5.74) is 2.16. The van der Waals surface area contributed by atoms with Gasteiger partial charge in [0.25, 0.3) is 11.8 Å². The second-order valence-corrected chi connectivity index (χ2v) is 10.4. The number of benzene rings is 2. The van der Waals surface area contributed by atoms with Gasteiger partial charge >= 0.3 is 0 Å². The standard InChI is InChI=1S/C22H24N2O8S.C3H8/c1-4-32-18-10-13(8-9-17(18)31-2)16(12-33(3,29)30)24-21(26)15-7-5-6-14(11-19(25)23-28)20(15)22(24)27;1-3-2/h5-10,16,28H,4,11-12H2,1-3H3,(H,23,25);3H2,1-2H3/t16-;/m1./s1. The second-order valence-electron chi connectivity index (χ2n) is 8.19. The Kier molecular flexibility index (Phi) is 10.00. The van der Waals surface area contributed by atoms with Gasteiger partial charge in [0.2, 0.25) is 5.91 Å². The topological polar surface area (TPSA) is 139 Å². The maximum Gasteiger partial charge on any atom is 0.262 e. The molecule has 1 heterocycles. The molecule has 10 nitrogen and oxygen atoms in total. The van der Waals surface area contributed by atoms with E-state index in [1.807, 2.05) is 0 Å². The lowest BCUT2D eigenvalue weighted by atomic mass is 10.00. The number of nitrogens with zero attached hydrogens (tertiary/aromatic N) is 1. The first-order valence-electron chi connectivity index (χ1n) is 11.4. The molecular weight excluding hydrogens is 488 g/mol. The maximum atomic E-state index is 13.4. The van der Waals surface area contributed by atoms with Crippen LogP contribution in [0.15, 0.2) is 36.4 Å². The number of carbonyl (C=O) groups is 3. The first-order chi connectivity index (χ1) is 17.0. The Bertz CT molecular complexity index is 1230. The Hall–Kier alpha value is -3.44. The first kappa shape index (κ1) is 28.8. The number of hydroxylamine groups is 1. The Labute approximate surface area is 211 Å². The van der Waals surface area contributed by atoms with Crippen LogP contribution in [-0.4, -0.2) is 62.0 Å². The van der Waals surface area contributed by atoms with Gasteiger partial charge in [-0.3, -0.25) is 24.5 Å². The zero-order chi connectivity index (χ0) is 27.0. The number of rotatable bonds is 9. The summed E-state index contributed by atoms with van der Waals surface area (Å²) in [6.07, 6.45) is 1.93. The predicted octanol–water partition coefficient (Wildman–Crippen LogP) is 2.94. The average molecular weight is 521 g/mol. The highest BCUT2D eigenvalue weighted by Crippen LogP contribution is 2.37. The molecule has 0 bridgehead atoms. The third kappa shape index (κ3) is 6.61. The molecule has 0 spiro atoms. The van der Waals surface area contributed by atoms with Gasteiger partial charge in [-0.25, -0.2) is 13.9 Å². The third-order valence-electron chi connectivity index (χ3n) is 5.15. The van der Waals surface area contributed by atoms with Crippen LogP contribution in [0.5, 0.6) is 11.5 Å². The highest BCUT2D eigenvalue weighted by molar-refractivity contribution is 7.90. The van der Waals surface area contributed by atoms with Crippen LogP contribution in [0.2, 0.25) is 0 Å². The lowest BCUT2D eigenvalue weighted by molar-refractivity contribution is -0.128. The minimum Gasteiger partial charge on any atom is -0.493 e. The molecule has 2 aromatic rings. The molecule has 2 N–H and O–H groups in total. The summed E-state index contributed by atoms with van der Waals surface area (Å²) >= 11 is 0. The zero-order valence-electron chi connectivity index (χ0n) is 21.0. The molecule has 11 heteroatoms. The molecule has 0 aromatic heterocycles. The van der Waals surface area contributed by atoms with Gasteiger partial charge in [0.1, 0.15) is 9.84 Å². The molecule has 0 saturated heterocycles. The summed E-state index contributed by atoms with van der Waals surface area (Å²) in [6, 6.07) is 7.99. The number of sulfone groups is 1. The summed E-state index contributed by atoms with van der Waals surface area (Å²) < 4.78 is 35.4. The summed E-state index contributed by atoms with van der Waals surface area (Å²) in [6.45, 7) is 6.34. The fraction of sp³-hybridized carbons (Fsp3) is 0.400. The van der Waals surface area contributed by atoms with E-state index in [0.29, 0.717) is 23.7 Å². The largest absolute Gasteiger partial charge is 0.493 e. The van der Waals surface area contributed by atoms with Crippen LogP contribution in [0.3, 0.4) is 0 Å². The molecule has 0 radical (unpaired) electrons. The number of ether oxygens (including phenoxy) is 2. The molecule has 1 aliphatic heterocycles. The molecule has 0 unspecified atom stereocenters. The Morgan fingerprint density at radius 1 is 1.08 bits per heavy atom. The SMILES string of the molecule is CCC.CCOc1cc([C@@H](CS(C)(=O)=O)N2C(=O)c3cccc(CC(=O)NO)c3C2=O)ccc1OC. The van der Waals surface area contributed by atoms with Crippen LogP contribution < -0.4 is 15.0 Å². The van der Waals surface area contributed by atoms with Crippen molar-refractivity contribution in [3.63, 3.8) is 0 Å². The third-order valence-corrected chi connectivity index (χ3v) is 6.07. The van der Waals surface area contributed by atoms with Crippen molar-refractivity contribution in [2.24, 2.45) is 0 Å². The lowest BCUT2D eigenvalue weighted by Crippen LogP contribution is -2.38. The van der Waals surface area contributed by atoms with Crippen LogP contribution in [0.25, 0.3) is 0 Å². The molecule has 1 aliphatic rings. The molecule has 0 aliphatic carbocycles. The van der Waals surface area contributed by atoms with E-state index in [1.54, 1.807) is 25.1 Å². The molecule has 3 rings (SSSR count). The molecule has 0 saturated carbocycles. The van der Waals surface area contributed by atoms with E-state index < -0.39 is 39.4 Å². The van der Waals surface area contributed by atoms with Crippen LogP contribution in [0.1, 0.15) is 65.1 Å². The van der Waals surface area contributed by atoms with Crippen molar-refractivity contribution in [1.82, 2.24) is 10.4 Å². The van der Waals surface area contributed by atoms with E-state index in [1.165, 1.54) is 37.2 Å². The summed E-state index contributed by atoms with van der Waals surface area (Å²) in [4.78, 5) is 39.2. The summed E-state index contributed by atoms with van der Waals surface area (Å²) in [7, 11) is -2.17. The smallest absolute Gasteiger partial charge is 0.262 e. The van der Waals surface area contributed by atoms with Gasteiger partial charge in [0.05, 0.1) is 43.1 Å². The van der Waals surface area contributed by atoms with Crippen molar-refractivity contribution < 1.29 is 37.5 Å². The number of amides is 3. The zero-order valence-corrected chi connectivity index (χ0v) is 21.8. The Morgan fingerprint density at radius 3 is 2.31 bits per heavy atom. The number of methoxy groups -OCH3 is 1. The van der Waals surface area contributed by atoms with Crippen molar-refractivity contribution in [1.29, 1.82) is 0 Å². The summed E-state index contributed by atoms with van der Waals surface area (Å²) in [5, 5.41) is 8.84. The quantitative estimate of drug-likeness (QED) is 0.292. The van der Waals surface area contributed by atoms with Crippen LogP contribution in [0, 0.1) is 0 Å². The fourth-order valence-electron chi connectivity index (χ4n) is 3.79. The van der Waals surface area contributed by atoms with E-state index in [4.69, 9.17) is 14.7 Å². The lowest BCUT2D eigenvalue weighted by Gasteiger charge is -2.27. The van der Waals surface area contributed by atoms with E-state index in [2.05, 4.69) is 13.8 Å². The van der Waals surface area contributed by atoms with E-state index >= 15 is 0 Å². The van der Waals surface area contributed by atoms with Gasteiger partial charge in [0.15, 0.2) is 11.5 Å². The van der Waals surface area contributed by atoms with Gasteiger partial charge in [-0.15, -0.1) is 0 Å². The number of hydrogen-bond acceptors (Lipinski definition) is 8. The minimum absolute atomic E-state index is 0.00291. The van der Waals surface area contributed by atoms with Crippen LogP contribution in [0.4, 0.5) is 0 Å². The summed E-state index contributed by atoms with van der Waals surface area (Å²) in [5.74, 6) is -1.91. The van der Waals surface area contributed by atoms with Crippen molar-refractivity contribution in [2.45, 2.75) is 39.7 Å². The number of nitrogens with one attached hydrogen (secondary N) is 1. The highest BCUT2D eigenvalue weighted by Gasteiger charge is 2.43. The van der Waals surface area contributed by atoms with E-state index in [9.17, 15) is 22.8 Å². The Balaban J connectivity index is 0.00000145. The molecule has 3 amide bonds. The maximum absolute atomic E-state index is 13.4. The van der Waals surface area contributed by atoms with Crippen molar-refractivity contribution in [2.75, 3.05) is 25.7 Å². The van der Waals surface area contributed by atoms with Gasteiger partial charge in [-0.05, 0) is 36.2 Å². The molecule has 36 heavy (non-hydrogen) atoms. The minimum atomic E-state index is -3.63. The molecule has 1 atom stereocenters. The Morgan fingerprint density at radius 2 is 1.75 bits per heavy atom. The number of fused-ring (bicyclic) bond motifs is 1. The van der Waals surface area contributed by atoms with E-state index in [-0.39, 0.29) is 23.1 Å². The van der Waals surface area contributed by atoms with Crippen LogP contribution >= 0.6 is 0 Å². The first-order valence-corrected chi connectivity index (χ1v) is 13.5. The van der Waals surface area contributed by atoms with Crippen molar-refractivity contribution in [3.05, 3.63) is 58.7 Å². The van der Waals surface area contributed by atoms with Crippen molar-refractivity contribution in [3.8, 4) is 11.5 Å². The van der Waals surface area contributed by atoms with Gasteiger partial charge in [0, 0.05) is 6.26 Å². The monoisotopic (exact) mass is 520 g/mol. The molecule has 2 aromatic carbocycles. The number of imide groups is 1. The number of carbonyl (C=O) groups excluding carboxylic acids is 3. The van der Waals surface area contributed by atoms with Crippen LogP contribution in [-0.2, 0) is 21.1 Å². The van der Waals surface area contributed by atoms with Gasteiger partial charge < -0.3 is 9.47 Å². The molecule has 196 valence electrons. The number of hydrogen-bond donors (Lipinski definition) is 2. The van der Waals surface area contributed by atoms with Gasteiger partial charge in [-0.1, -0.05) is 38.5 Å². The fourth-order valence-corrected chi connectivity index (χ4v) is 4.71. The molecule has 0 fully saturated rings. The van der Waals surface area contributed by atoms with Gasteiger partial charge in [-0.2, -0.15) is 0 Å². The molecular formula is C25H32N2O8S. The van der Waals surface area contributed by atoms with E-state index in [0.717, 1.165) is 11.2 Å². The van der Waals surface area contributed by atoms with Crippen molar-refractivity contribution >= 4 is 27.6 Å². The second kappa shape index (κ2) is 12.5. The highest BCUT2D eigenvalue weighted by atomic mass is 32.2.